The number of hydrogen-bond acceptors (Lipinski definition) is 2. The van der Waals surface area contributed by atoms with E-state index in [-0.39, 0.29) is 16.2 Å². The van der Waals surface area contributed by atoms with Crippen LogP contribution in [0.4, 0.5) is 5.69 Å². The molecule has 1 heterocycles. The molecule has 2 heteroatoms. The standard InChI is InChI=1S/C28H38N2/c1-9-30-17-29(8)14-20-12-22-24(13-25(20)30)28(16-27(22,6)7)15-26(4,5)21-10-18(2)19(3)11-23(21)28/h10-13H,9,14-17H2,1-8H3. The first kappa shape index (κ1) is 20.1. The maximum absolute atomic E-state index is 2.61. The van der Waals surface area contributed by atoms with Gasteiger partial charge in [0.05, 0.1) is 6.67 Å². The molecule has 0 fully saturated rings. The first-order valence-electron chi connectivity index (χ1n) is 11.7. The molecule has 2 aliphatic carbocycles. The molecule has 160 valence electrons. The van der Waals surface area contributed by atoms with Crippen molar-refractivity contribution in [2.75, 3.05) is 25.2 Å². The molecule has 0 bridgehead atoms. The van der Waals surface area contributed by atoms with E-state index in [1.165, 1.54) is 35.2 Å². The molecule has 0 aromatic heterocycles. The highest BCUT2D eigenvalue weighted by molar-refractivity contribution is 5.67. The predicted molar refractivity (Wildman–Crippen MR) is 128 cm³/mol. The summed E-state index contributed by atoms with van der Waals surface area (Å²) in [6.07, 6.45) is 2.44. The van der Waals surface area contributed by atoms with E-state index in [9.17, 15) is 0 Å². The van der Waals surface area contributed by atoms with E-state index < -0.39 is 0 Å². The second kappa shape index (κ2) is 6.13. The van der Waals surface area contributed by atoms with Crippen LogP contribution in [0.3, 0.4) is 0 Å². The van der Waals surface area contributed by atoms with Crippen molar-refractivity contribution in [1.29, 1.82) is 0 Å². The minimum Gasteiger partial charge on any atom is -0.359 e. The smallest absolute Gasteiger partial charge is 0.0707 e. The van der Waals surface area contributed by atoms with E-state index in [2.05, 4.69) is 89.6 Å². The van der Waals surface area contributed by atoms with Crippen molar-refractivity contribution in [3.8, 4) is 0 Å². The molecule has 30 heavy (non-hydrogen) atoms. The molecule has 2 nitrogen and oxygen atoms in total. The van der Waals surface area contributed by atoms with Crippen LogP contribution < -0.4 is 4.90 Å². The molecule has 0 amide bonds. The largest absolute Gasteiger partial charge is 0.359 e. The molecule has 3 aliphatic rings. The molecule has 2 aromatic rings. The minimum absolute atomic E-state index is 0.147. The molecule has 1 atom stereocenters. The molecule has 0 saturated heterocycles. The molecule has 2 aromatic carbocycles. The average molecular weight is 403 g/mol. The monoisotopic (exact) mass is 402 g/mol. The Morgan fingerprint density at radius 1 is 0.800 bits per heavy atom. The van der Waals surface area contributed by atoms with Gasteiger partial charge in [0.2, 0.25) is 0 Å². The number of anilines is 1. The van der Waals surface area contributed by atoms with Crippen LogP contribution >= 0.6 is 0 Å². The van der Waals surface area contributed by atoms with Crippen molar-refractivity contribution in [1.82, 2.24) is 4.90 Å². The predicted octanol–water partition coefficient (Wildman–Crippen LogP) is 6.18. The van der Waals surface area contributed by atoms with Gasteiger partial charge in [-0.15, -0.1) is 0 Å². The molecule has 0 radical (unpaired) electrons. The summed E-state index contributed by atoms with van der Waals surface area (Å²) in [6.45, 7) is 19.9. The topological polar surface area (TPSA) is 6.48 Å². The number of aryl methyl sites for hydroxylation is 2. The van der Waals surface area contributed by atoms with Gasteiger partial charge in [-0.2, -0.15) is 0 Å². The van der Waals surface area contributed by atoms with Crippen molar-refractivity contribution in [3.63, 3.8) is 0 Å². The zero-order valence-corrected chi connectivity index (χ0v) is 20.2. The van der Waals surface area contributed by atoms with Gasteiger partial charge in [0.1, 0.15) is 0 Å². The lowest BCUT2D eigenvalue weighted by molar-refractivity contribution is 0.310. The lowest BCUT2D eigenvalue weighted by atomic mass is 9.72. The Morgan fingerprint density at radius 3 is 1.93 bits per heavy atom. The highest BCUT2D eigenvalue weighted by Gasteiger charge is 2.56. The Bertz CT molecular complexity index is 1050. The first-order valence-corrected chi connectivity index (χ1v) is 11.7. The zero-order chi connectivity index (χ0) is 21.6. The molecule has 1 unspecified atom stereocenters. The number of benzene rings is 2. The maximum atomic E-state index is 2.61. The van der Waals surface area contributed by atoms with Gasteiger partial charge in [0.15, 0.2) is 0 Å². The van der Waals surface area contributed by atoms with Crippen LogP contribution in [0.1, 0.15) is 86.4 Å². The van der Waals surface area contributed by atoms with Crippen LogP contribution in [0.5, 0.6) is 0 Å². The Hall–Kier alpha value is -1.80. The van der Waals surface area contributed by atoms with Crippen LogP contribution in [0.15, 0.2) is 24.3 Å². The highest BCUT2D eigenvalue weighted by atomic mass is 15.3. The average Bonchev–Trinajstić information content (AvgIpc) is 3.00. The van der Waals surface area contributed by atoms with Gasteiger partial charge in [-0.3, -0.25) is 4.90 Å². The van der Waals surface area contributed by atoms with Crippen LogP contribution in [-0.4, -0.2) is 25.2 Å². The third kappa shape index (κ3) is 2.59. The minimum atomic E-state index is 0.147. The summed E-state index contributed by atoms with van der Waals surface area (Å²) in [4.78, 5) is 5.00. The summed E-state index contributed by atoms with van der Waals surface area (Å²) in [5, 5.41) is 0. The molecule has 1 aliphatic heterocycles. The number of hydrogen-bond donors (Lipinski definition) is 0. The summed E-state index contributed by atoms with van der Waals surface area (Å²) in [5.74, 6) is 0. The van der Waals surface area contributed by atoms with Gasteiger partial charge in [-0.25, -0.2) is 0 Å². The van der Waals surface area contributed by atoms with Crippen molar-refractivity contribution in [3.05, 3.63) is 63.2 Å². The van der Waals surface area contributed by atoms with Crippen LogP contribution in [0.2, 0.25) is 0 Å². The second-order valence-corrected chi connectivity index (χ2v) is 11.7. The van der Waals surface area contributed by atoms with Crippen molar-refractivity contribution in [2.45, 2.75) is 84.1 Å². The summed E-state index contributed by atoms with van der Waals surface area (Å²) >= 11 is 0. The van der Waals surface area contributed by atoms with Crippen molar-refractivity contribution in [2.24, 2.45) is 0 Å². The van der Waals surface area contributed by atoms with Crippen LogP contribution in [-0.2, 0) is 22.8 Å². The Balaban J connectivity index is 1.79. The summed E-state index contributed by atoms with van der Waals surface area (Å²) in [7, 11) is 2.24. The van der Waals surface area contributed by atoms with E-state index in [1.54, 1.807) is 22.3 Å². The fraction of sp³-hybridized carbons (Fsp3) is 0.571. The van der Waals surface area contributed by atoms with Crippen LogP contribution in [0.25, 0.3) is 0 Å². The Labute approximate surface area is 183 Å². The second-order valence-electron chi connectivity index (χ2n) is 11.7. The van der Waals surface area contributed by atoms with Crippen molar-refractivity contribution >= 4 is 5.69 Å². The van der Waals surface area contributed by atoms with E-state index in [4.69, 9.17) is 0 Å². The van der Waals surface area contributed by atoms with Gasteiger partial charge < -0.3 is 4.90 Å². The highest BCUT2D eigenvalue weighted by Crippen LogP contribution is 2.63. The lowest BCUT2D eigenvalue weighted by Crippen LogP contribution is -2.40. The molecule has 0 N–H and O–H groups in total. The quantitative estimate of drug-likeness (QED) is 0.562. The molecular weight excluding hydrogens is 364 g/mol. The van der Waals surface area contributed by atoms with Crippen molar-refractivity contribution < 1.29 is 0 Å². The third-order valence-electron chi connectivity index (χ3n) is 8.40. The molecular formula is C28H38N2. The summed E-state index contributed by atoms with van der Waals surface area (Å²) < 4.78 is 0. The fourth-order valence-corrected chi connectivity index (χ4v) is 7.05. The van der Waals surface area contributed by atoms with E-state index in [0.29, 0.717) is 0 Å². The van der Waals surface area contributed by atoms with E-state index in [1.807, 2.05) is 0 Å². The van der Waals surface area contributed by atoms with Gasteiger partial charge in [0, 0.05) is 24.2 Å². The van der Waals surface area contributed by atoms with Gasteiger partial charge in [-0.1, -0.05) is 45.9 Å². The number of nitrogens with zero attached hydrogens (tertiary/aromatic N) is 2. The number of rotatable bonds is 1. The van der Waals surface area contributed by atoms with Crippen LogP contribution in [0, 0.1) is 13.8 Å². The fourth-order valence-electron chi connectivity index (χ4n) is 7.05. The van der Waals surface area contributed by atoms with E-state index >= 15 is 0 Å². The van der Waals surface area contributed by atoms with Gasteiger partial charge >= 0.3 is 0 Å². The van der Waals surface area contributed by atoms with E-state index in [0.717, 1.165) is 19.8 Å². The molecule has 0 saturated carbocycles. The number of fused-ring (bicyclic) bond motifs is 5. The maximum Gasteiger partial charge on any atom is 0.0707 e. The third-order valence-corrected chi connectivity index (χ3v) is 8.40. The Morgan fingerprint density at radius 2 is 1.33 bits per heavy atom. The molecule has 1 spiro atoms. The summed E-state index contributed by atoms with van der Waals surface area (Å²) in [6, 6.07) is 10.2. The normalized spacial score (nSPS) is 26.1. The van der Waals surface area contributed by atoms with Gasteiger partial charge in [0.25, 0.3) is 0 Å². The first-order chi connectivity index (χ1) is 14.0. The summed E-state index contributed by atoms with van der Waals surface area (Å²) in [5.41, 5.74) is 12.8. The molecule has 5 rings (SSSR count). The SMILES string of the molecule is CCN1CN(C)Cc2cc3c(cc21)C1(CC(C)(C)c2cc(C)c(C)cc21)CC3(C)C. The zero-order valence-electron chi connectivity index (χ0n) is 20.2. The Kier molecular flexibility index (Phi) is 4.11. The lowest BCUT2D eigenvalue weighted by Gasteiger charge is -2.38. The van der Waals surface area contributed by atoms with Gasteiger partial charge in [-0.05, 0) is 96.5 Å².